The summed E-state index contributed by atoms with van der Waals surface area (Å²) in [7, 11) is -1.83. The van der Waals surface area contributed by atoms with Crippen LogP contribution in [0.15, 0.2) is 11.6 Å². The molecule has 4 rings (SSSR count). The largest absolute Gasteiger partial charge is 0.462 e. The number of allylic oxidation sites excluding steroid dienone is 1. The highest BCUT2D eigenvalue weighted by Gasteiger charge is 2.62. The van der Waals surface area contributed by atoms with Crippen molar-refractivity contribution in [3.8, 4) is 0 Å². The van der Waals surface area contributed by atoms with E-state index in [-0.39, 0.29) is 40.0 Å². The number of esters is 1. The summed E-state index contributed by atoms with van der Waals surface area (Å²) in [6.07, 6.45) is 9.35. The maximum atomic E-state index is 13.6. The Balaban J connectivity index is 1.57. The third-order valence-corrected chi connectivity index (χ3v) is 14.9. The second-order valence-electron chi connectivity index (χ2n) is 13.2. The molecule has 0 aromatic rings. The second-order valence-corrected chi connectivity index (χ2v) is 17.9. The van der Waals surface area contributed by atoms with Gasteiger partial charge in [-0.1, -0.05) is 40.2 Å². The van der Waals surface area contributed by atoms with E-state index in [4.69, 9.17) is 9.16 Å². The van der Waals surface area contributed by atoms with Gasteiger partial charge < -0.3 is 9.16 Å². The normalized spacial score (nSPS) is 41.9. The minimum atomic E-state index is -1.83. The van der Waals surface area contributed by atoms with Crippen LogP contribution in [0.3, 0.4) is 0 Å². The summed E-state index contributed by atoms with van der Waals surface area (Å²) in [5, 5.41) is 0.199. The van der Waals surface area contributed by atoms with Crippen molar-refractivity contribution in [3.63, 3.8) is 0 Å². The van der Waals surface area contributed by atoms with Crippen molar-refractivity contribution in [2.75, 3.05) is 0 Å². The summed E-state index contributed by atoms with van der Waals surface area (Å²) in [6, 6.07) is 0. The molecule has 0 unspecified atom stereocenters. The lowest BCUT2D eigenvalue weighted by Crippen LogP contribution is -2.55. The standard InChI is InChI=1S/C27H44O4Si/c1-17(28)30-23-10-9-20-24-21(12-14-27(20,23)6)26(5)13-11-19(15-18(26)16-22(24)29)31-32(7,8)25(2,3)4/h16,19-21,23-24H,9-15H2,1-8H3/t19-,20-,21-,23-,24-,26-,27-/m0/s1. The van der Waals surface area contributed by atoms with E-state index < -0.39 is 8.32 Å². The van der Waals surface area contributed by atoms with E-state index in [1.807, 2.05) is 6.08 Å². The quantitative estimate of drug-likeness (QED) is 0.359. The van der Waals surface area contributed by atoms with Crippen LogP contribution in [0.1, 0.15) is 86.5 Å². The van der Waals surface area contributed by atoms with Crippen LogP contribution in [0.25, 0.3) is 0 Å². The number of ether oxygens (including phenoxy) is 1. The van der Waals surface area contributed by atoms with Gasteiger partial charge in [-0.2, -0.15) is 0 Å². The summed E-state index contributed by atoms with van der Waals surface area (Å²) in [5.41, 5.74) is 1.39. The van der Waals surface area contributed by atoms with Crippen molar-refractivity contribution < 1.29 is 18.8 Å². The molecule has 180 valence electrons. The number of hydrogen-bond donors (Lipinski definition) is 0. The number of hydrogen-bond acceptors (Lipinski definition) is 4. The minimum absolute atomic E-state index is 0.0364. The third kappa shape index (κ3) is 3.75. The van der Waals surface area contributed by atoms with Gasteiger partial charge in [0.1, 0.15) is 6.10 Å². The van der Waals surface area contributed by atoms with Crippen LogP contribution in [0.4, 0.5) is 0 Å². The molecule has 0 aromatic heterocycles. The first-order chi connectivity index (χ1) is 14.7. The summed E-state index contributed by atoms with van der Waals surface area (Å²) < 4.78 is 12.5. The van der Waals surface area contributed by atoms with Crippen molar-refractivity contribution >= 4 is 20.1 Å². The fraction of sp³-hybridized carbons (Fsp3) is 0.852. The highest BCUT2D eigenvalue weighted by Crippen LogP contribution is 2.64. The minimum Gasteiger partial charge on any atom is -0.462 e. The monoisotopic (exact) mass is 460 g/mol. The van der Waals surface area contributed by atoms with Gasteiger partial charge in [0.2, 0.25) is 0 Å². The van der Waals surface area contributed by atoms with Crippen LogP contribution in [-0.2, 0) is 18.8 Å². The number of ketones is 1. The van der Waals surface area contributed by atoms with Crippen molar-refractivity contribution in [1.29, 1.82) is 0 Å². The Hall–Kier alpha value is -0.943. The molecule has 4 nitrogen and oxygen atoms in total. The van der Waals surface area contributed by atoms with Gasteiger partial charge in [0.05, 0.1) is 0 Å². The molecule has 0 heterocycles. The summed E-state index contributed by atoms with van der Waals surface area (Å²) in [5.74, 6) is 0.964. The average Bonchev–Trinajstić information content (AvgIpc) is 2.98. The van der Waals surface area contributed by atoms with E-state index in [1.165, 1.54) is 12.5 Å². The number of carbonyl (C=O) groups excluding carboxylic acids is 2. The molecule has 0 radical (unpaired) electrons. The summed E-state index contributed by atoms with van der Waals surface area (Å²) >= 11 is 0. The molecule has 3 fully saturated rings. The Morgan fingerprint density at radius 1 is 1.06 bits per heavy atom. The zero-order chi connectivity index (χ0) is 23.7. The van der Waals surface area contributed by atoms with E-state index in [0.29, 0.717) is 17.6 Å². The number of carbonyl (C=O) groups is 2. The maximum Gasteiger partial charge on any atom is 0.302 e. The molecule has 7 atom stereocenters. The highest BCUT2D eigenvalue weighted by molar-refractivity contribution is 6.74. The first-order valence-corrected chi connectivity index (χ1v) is 15.7. The molecular formula is C27H44O4Si. The summed E-state index contributed by atoms with van der Waals surface area (Å²) in [6.45, 7) is 17.8. The molecule has 5 heteroatoms. The van der Waals surface area contributed by atoms with Crippen LogP contribution in [0.5, 0.6) is 0 Å². The molecule has 0 spiro atoms. The molecule has 4 aliphatic rings. The topological polar surface area (TPSA) is 52.6 Å². The van der Waals surface area contributed by atoms with Gasteiger partial charge in [-0.05, 0) is 86.4 Å². The van der Waals surface area contributed by atoms with Gasteiger partial charge in [0.15, 0.2) is 14.1 Å². The van der Waals surface area contributed by atoms with Crippen LogP contribution < -0.4 is 0 Å². The van der Waals surface area contributed by atoms with E-state index in [1.54, 1.807) is 0 Å². The van der Waals surface area contributed by atoms with Gasteiger partial charge in [-0.3, -0.25) is 9.59 Å². The van der Waals surface area contributed by atoms with Crippen LogP contribution in [0.2, 0.25) is 18.1 Å². The average molecular weight is 461 g/mol. The number of fused-ring (bicyclic) bond motifs is 5. The Morgan fingerprint density at radius 3 is 2.38 bits per heavy atom. The van der Waals surface area contributed by atoms with Crippen molar-refractivity contribution in [1.82, 2.24) is 0 Å². The molecule has 0 aliphatic heterocycles. The lowest BCUT2D eigenvalue weighted by molar-refractivity contribution is -0.158. The third-order valence-electron chi connectivity index (χ3n) is 10.4. The molecule has 0 saturated heterocycles. The molecular weight excluding hydrogens is 416 g/mol. The van der Waals surface area contributed by atoms with E-state index in [9.17, 15) is 9.59 Å². The predicted molar refractivity (Wildman–Crippen MR) is 130 cm³/mol. The van der Waals surface area contributed by atoms with Gasteiger partial charge in [-0.25, -0.2) is 0 Å². The Labute approximate surface area is 196 Å². The fourth-order valence-electron chi connectivity index (χ4n) is 7.41. The molecule has 0 N–H and O–H groups in total. The predicted octanol–water partition coefficient (Wildman–Crippen LogP) is 6.45. The van der Waals surface area contributed by atoms with Crippen LogP contribution >= 0.6 is 0 Å². The highest BCUT2D eigenvalue weighted by atomic mass is 28.4. The first-order valence-electron chi connectivity index (χ1n) is 12.8. The molecule has 4 aliphatic carbocycles. The smallest absolute Gasteiger partial charge is 0.302 e. The van der Waals surface area contributed by atoms with Gasteiger partial charge >= 0.3 is 5.97 Å². The summed E-state index contributed by atoms with van der Waals surface area (Å²) in [4.78, 5) is 25.3. The van der Waals surface area contributed by atoms with Crippen molar-refractivity contribution in [2.45, 2.75) is 117 Å². The van der Waals surface area contributed by atoms with Gasteiger partial charge in [0, 0.05) is 24.4 Å². The van der Waals surface area contributed by atoms with Gasteiger partial charge in [0.25, 0.3) is 0 Å². The Kier molecular flexibility index (Phi) is 5.89. The van der Waals surface area contributed by atoms with Crippen molar-refractivity contribution in [2.24, 2.45) is 28.6 Å². The van der Waals surface area contributed by atoms with E-state index in [0.717, 1.165) is 44.9 Å². The molecule has 0 bridgehead atoms. The SMILES string of the molecule is CC(=O)O[C@H]1CC[C@H]2[C@@H]3C(=O)C=C4C[C@@H](O[Si](C)(C)C(C)(C)C)CC[C@]4(C)[C@H]3CC[C@]12C. The zero-order valence-electron chi connectivity index (χ0n) is 21.5. The lowest BCUT2D eigenvalue weighted by Gasteiger charge is -2.57. The first kappa shape index (κ1) is 24.2. The van der Waals surface area contributed by atoms with Crippen molar-refractivity contribution in [3.05, 3.63) is 11.6 Å². The molecule has 0 aromatic carbocycles. The Bertz CT molecular complexity index is 824. The van der Waals surface area contributed by atoms with Gasteiger partial charge in [-0.15, -0.1) is 0 Å². The fourth-order valence-corrected chi connectivity index (χ4v) is 8.80. The van der Waals surface area contributed by atoms with Crippen LogP contribution in [0, 0.1) is 28.6 Å². The molecule has 0 amide bonds. The Morgan fingerprint density at radius 2 is 1.75 bits per heavy atom. The zero-order valence-corrected chi connectivity index (χ0v) is 22.5. The van der Waals surface area contributed by atoms with E-state index >= 15 is 0 Å². The maximum absolute atomic E-state index is 13.6. The number of rotatable bonds is 3. The molecule has 32 heavy (non-hydrogen) atoms. The molecule has 3 saturated carbocycles. The lowest BCUT2D eigenvalue weighted by atomic mass is 9.47. The second kappa shape index (κ2) is 7.80. The van der Waals surface area contributed by atoms with E-state index in [2.05, 4.69) is 47.7 Å². The van der Waals surface area contributed by atoms with Crippen LogP contribution in [-0.4, -0.2) is 32.3 Å².